The molecule has 3 aromatic rings. The minimum absolute atomic E-state index is 0.0475. The van der Waals surface area contributed by atoms with E-state index in [1.807, 2.05) is 17.5 Å². The average molecular weight is 376 g/mol. The number of nitriles is 1. The largest absolute Gasteiger partial charge is 0.422 e. The van der Waals surface area contributed by atoms with E-state index in [0.29, 0.717) is 11.8 Å². The van der Waals surface area contributed by atoms with Gasteiger partial charge in [-0.15, -0.1) is 16.4 Å². The lowest BCUT2D eigenvalue weighted by molar-refractivity contribution is 0.439. The number of aromatic nitrogens is 2. The van der Waals surface area contributed by atoms with Crippen LogP contribution in [0.4, 0.5) is 0 Å². The van der Waals surface area contributed by atoms with E-state index in [9.17, 15) is 5.26 Å². The number of nitrogens with zero attached hydrogens (tertiary/aromatic N) is 2. The first-order valence-electron chi connectivity index (χ1n) is 8.95. The van der Waals surface area contributed by atoms with Crippen molar-refractivity contribution < 1.29 is 4.74 Å². The molecule has 5 nitrogen and oxygen atoms in total. The molecule has 0 radical (unpaired) electrons. The molecule has 0 bridgehead atoms. The molecule has 6 heteroatoms. The second kappa shape index (κ2) is 7.01. The Morgan fingerprint density at radius 1 is 1.30 bits per heavy atom. The maximum atomic E-state index is 9.68. The van der Waals surface area contributed by atoms with Gasteiger partial charge in [-0.1, -0.05) is 44.2 Å². The lowest BCUT2D eigenvalue weighted by Gasteiger charge is -2.27. The highest BCUT2D eigenvalue weighted by molar-refractivity contribution is 7.10. The van der Waals surface area contributed by atoms with Crippen molar-refractivity contribution in [3.05, 3.63) is 57.8 Å². The van der Waals surface area contributed by atoms with Gasteiger partial charge in [-0.05, 0) is 34.9 Å². The number of H-pyrrole nitrogens is 1. The summed E-state index contributed by atoms with van der Waals surface area (Å²) in [6, 6.07) is 14.7. The Morgan fingerprint density at radius 3 is 2.70 bits per heavy atom. The molecule has 0 fully saturated rings. The lowest BCUT2D eigenvalue weighted by atomic mass is 9.82. The van der Waals surface area contributed by atoms with Crippen molar-refractivity contribution in [2.24, 2.45) is 11.8 Å². The maximum absolute atomic E-state index is 9.68. The summed E-state index contributed by atoms with van der Waals surface area (Å²) in [6.07, 6.45) is 1.04. The summed E-state index contributed by atoms with van der Waals surface area (Å²) in [5.41, 5.74) is 4.01. The van der Waals surface area contributed by atoms with E-state index in [4.69, 9.17) is 10.1 Å². The van der Waals surface area contributed by atoms with Gasteiger partial charge in [0.15, 0.2) is 0 Å². The van der Waals surface area contributed by atoms with Gasteiger partial charge in [0, 0.05) is 4.88 Å². The zero-order valence-electron chi connectivity index (χ0n) is 15.2. The summed E-state index contributed by atoms with van der Waals surface area (Å²) >= 11 is 1.59. The minimum atomic E-state index is -0.660. The van der Waals surface area contributed by atoms with E-state index in [2.05, 4.69) is 54.4 Å². The second-order valence-electron chi connectivity index (χ2n) is 7.18. The molecule has 0 spiro atoms. The molecule has 2 atom stereocenters. The first-order valence-corrected chi connectivity index (χ1v) is 9.83. The van der Waals surface area contributed by atoms with Crippen molar-refractivity contribution >= 4 is 17.2 Å². The molecule has 0 amide bonds. The summed E-state index contributed by atoms with van der Waals surface area (Å²) < 4.78 is 5.57. The van der Waals surface area contributed by atoms with Gasteiger partial charge in [-0.2, -0.15) is 5.26 Å². The normalized spacial score (nSPS) is 18.8. The monoisotopic (exact) mass is 376 g/mol. The number of aromatic amines is 1. The highest BCUT2D eigenvalue weighted by atomic mass is 32.1. The zero-order chi connectivity index (χ0) is 19.0. The predicted molar refractivity (Wildman–Crippen MR) is 106 cm³/mol. The van der Waals surface area contributed by atoms with Crippen LogP contribution < -0.4 is 4.74 Å². The van der Waals surface area contributed by atoms with Crippen LogP contribution in [0.25, 0.3) is 11.3 Å². The topological polar surface area (TPSA) is 85.5 Å². The zero-order valence-corrected chi connectivity index (χ0v) is 16.0. The number of ether oxygens (including phenoxy) is 1. The van der Waals surface area contributed by atoms with Crippen LogP contribution in [0.3, 0.4) is 0 Å². The van der Waals surface area contributed by atoms with Crippen molar-refractivity contribution in [3.63, 3.8) is 0 Å². The number of benzene rings is 1. The molecule has 1 aromatic carbocycles. The van der Waals surface area contributed by atoms with Crippen LogP contribution in [-0.2, 0) is 6.42 Å². The lowest BCUT2D eigenvalue weighted by Crippen LogP contribution is -2.30. The van der Waals surface area contributed by atoms with Gasteiger partial charge in [0.2, 0.25) is 11.8 Å². The molecule has 2 aromatic heterocycles. The standard InChI is InChI=1S/C21H20N4OS/c1-12(2)10-13-5-7-14(8-6-13)19-18-17(16-4-3-9-27-16)15(11-22)20(23)26-21(18)25-24-19/h3-9,12,15,17,23H,10H2,1-2H3,(H,24,25). The van der Waals surface area contributed by atoms with Crippen LogP contribution in [0.2, 0.25) is 0 Å². The summed E-state index contributed by atoms with van der Waals surface area (Å²) in [6.45, 7) is 4.41. The molecule has 4 rings (SSSR count). The van der Waals surface area contributed by atoms with Crippen LogP contribution in [0, 0.1) is 28.6 Å². The third-order valence-electron chi connectivity index (χ3n) is 4.78. The molecule has 1 aliphatic rings. The Labute approximate surface area is 162 Å². The number of fused-ring (bicyclic) bond motifs is 1. The van der Waals surface area contributed by atoms with E-state index in [1.54, 1.807) is 11.3 Å². The third kappa shape index (κ3) is 3.15. The third-order valence-corrected chi connectivity index (χ3v) is 5.73. The Hall–Kier alpha value is -2.91. The molecular weight excluding hydrogens is 356 g/mol. The fourth-order valence-electron chi connectivity index (χ4n) is 3.59. The van der Waals surface area contributed by atoms with Crippen LogP contribution in [0.1, 0.15) is 35.8 Å². The smallest absolute Gasteiger partial charge is 0.244 e. The SMILES string of the molecule is CC(C)Cc1ccc(-c2[nH]nc3c2C(c2cccs2)C(C#N)C(=N)O3)cc1. The van der Waals surface area contributed by atoms with Gasteiger partial charge in [0.05, 0.1) is 23.2 Å². The molecule has 0 saturated heterocycles. The Balaban J connectivity index is 1.80. The predicted octanol–water partition coefficient (Wildman–Crippen LogP) is 4.98. The van der Waals surface area contributed by atoms with Gasteiger partial charge in [0.1, 0.15) is 5.92 Å². The molecule has 0 saturated carbocycles. The molecule has 27 heavy (non-hydrogen) atoms. The summed E-state index contributed by atoms with van der Waals surface area (Å²) in [4.78, 5) is 1.04. The molecule has 0 aliphatic carbocycles. The minimum Gasteiger partial charge on any atom is -0.422 e. The quantitative estimate of drug-likeness (QED) is 0.673. The molecule has 1 aliphatic heterocycles. The van der Waals surface area contributed by atoms with Crippen LogP contribution in [0.5, 0.6) is 5.88 Å². The number of hydrogen-bond acceptors (Lipinski definition) is 5. The molecule has 3 heterocycles. The molecule has 136 valence electrons. The van der Waals surface area contributed by atoms with E-state index in [1.165, 1.54) is 5.56 Å². The Morgan fingerprint density at radius 2 is 2.07 bits per heavy atom. The number of thiophene rings is 1. The Kier molecular flexibility index (Phi) is 4.54. The van der Waals surface area contributed by atoms with Gasteiger partial charge >= 0.3 is 0 Å². The van der Waals surface area contributed by atoms with Crippen LogP contribution in [0.15, 0.2) is 41.8 Å². The first-order chi connectivity index (χ1) is 13.1. The number of nitrogens with one attached hydrogen (secondary N) is 2. The van der Waals surface area contributed by atoms with Gasteiger partial charge in [0.25, 0.3) is 0 Å². The highest BCUT2D eigenvalue weighted by Gasteiger charge is 2.41. The van der Waals surface area contributed by atoms with Crippen molar-refractivity contribution in [2.45, 2.75) is 26.2 Å². The van der Waals surface area contributed by atoms with E-state index < -0.39 is 5.92 Å². The summed E-state index contributed by atoms with van der Waals surface area (Å²) in [5, 5.41) is 27.2. The molecule has 2 N–H and O–H groups in total. The van der Waals surface area contributed by atoms with Gasteiger partial charge in [-0.25, -0.2) is 0 Å². The van der Waals surface area contributed by atoms with E-state index in [0.717, 1.165) is 28.1 Å². The van der Waals surface area contributed by atoms with Crippen LogP contribution in [-0.4, -0.2) is 16.1 Å². The van der Waals surface area contributed by atoms with Crippen LogP contribution >= 0.6 is 11.3 Å². The van der Waals surface area contributed by atoms with Crippen molar-refractivity contribution in [1.82, 2.24) is 10.2 Å². The highest BCUT2D eigenvalue weighted by Crippen LogP contribution is 2.46. The van der Waals surface area contributed by atoms with Crippen molar-refractivity contribution in [3.8, 4) is 23.2 Å². The second-order valence-corrected chi connectivity index (χ2v) is 8.16. The Bertz CT molecular complexity index is 996. The van der Waals surface area contributed by atoms with Crippen molar-refractivity contribution in [1.29, 1.82) is 10.7 Å². The van der Waals surface area contributed by atoms with E-state index in [-0.39, 0.29) is 11.8 Å². The number of rotatable bonds is 4. The van der Waals surface area contributed by atoms with Crippen molar-refractivity contribution in [2.75, 3.05) is 0 Å². The van der Waals surface area contributed by atoms with Gasteiger partial charge < -0.3 is 4.74 Å². The maximum Gasteiger partial charge on any atom is 0.244 e. The number of hydrogen-bond donors (Lipinski definition) is 2. The van der Waals surface area contributed by atoms with E-state index >= 15 is 0 Å². The summed E-state index contributed by atoms with van der Waals surface area (Å²) in [5.74, 6) is 0.0396. The summed E-state index contributed by atoms with van der Waals surface area (Å²) in [7, 11) is 0. The average Bonchev–Trinajstić information content (AvgIpc) is 3.30. The fourth-order valence-corrected chi connectivity index (χ4v) is 4.46. The first kappa shape index (κ1) is 17.5. The van der Waals surface area contributed by atoms with Gasteiger partial charge in [-0.3, -0.25) is 10.5 Å². The molecule has 2 unspecified atom stereocenters. The molecular formula is C21H20N4OS. The fraction of sp³-hybridized carbons (Fsp3) is 0.286.